The minimum atomic E-state index is -1.75. The fourth-order valence-corrected chi connectivity index (χ4v) is 3.09. The van der Waals surface area contributed by atoms with E-state index in [1.54, 1.807) is 12.3 Å². The van der Waals surface area contributed by atoms with Gasteiger partial charge in [-0.2, -0.15) is 0 Å². The van der Waals surface area contributed by atoms with Crippen LogP contribution in [-0.2, 0) is 10.8 Å². The maximum Gasteiger partial charge on any atom is 0.180 e. The molecule has 5 nitrogen and oxygen atoms in total. The maximum atomic E-state index is 13.3. The van der Waals surface area contributed by atoms with Gasteiger partial charge in [-0.05, 0) is 24.3 Å². The summed E-state index contributed by atoms with van der Waals surface area (Å²) in [6.45, 7) is 0. The number of nitrogens with two attached hydrogens (primary N) is 2. The molecule has 0 bridgehead atoms. The van der Waals surface area contributed by atoms with Gasteiger partial charge >= 0.3 is 0 Å². The number of nitrogens with zero attached hydrogens (tertiary/aromatic N) is 2. The van der Waals surface area contributed by atoms with Crippen molar-refractivity contribution in [2.45, 2.75) is 4.90 Å². The fraction of sp³-hybridized carbons (Fsp3) is 0. The summed E-state index contributed by atoms with van der Waals surface area (Å²) in [5.41, 5.74) is 7.48. The van der Waals surface area contributed by atoms with E-state index in [1.807, 2.05) is 18.2 Å². The van der Waals surface area contributed by atoms with Crippen LogP contribution in [0.1, 0.15) is 5.56 Å². The Bertz CT molecular complexity index is 819. The molecule has 3 rings (SSSR count). The summed E-state index contributed by atoms with van der Waals surface area (Å²) < 4.78 is 25.7. The van der Waals surface area contributed by atoms with Gasteiger partial charge in [0, 0.05) is 16.7 Å². The number of anilines is 1. The number of fused-ring (bicyclic) bond motifs is 1. The van der Waals surface area contributed by atoms with Crippen LogP contribution in [-0.4, -0.2) is 10.4 Å². The Morgan fingerprint density at radius 1 is 1.18 bits per heavy atom. The molecule has 4 N–H and O–H groups in total. The van der Waals surface area contributed by atoms with Crippen LogP contribution in [0.25, 0.3) is 0 Å². The summed E-state index contributed by atoms with van der Waals surface area (Å²) in [7, 11) is -1.75. The van der Waals surface area contributed by atoms with Crippen molar-refractivity contribution in [3.63, 3.8) is 0 Å². The van der Waals surface area contributed by atoms with Crippen molar-refractivity contribution in [2.24, 2.45) is 16.6 Å². The number of benzene rings is 2. The van der Waals surface area contributed by atoms with Crippen LogP contribution in [0, 0.1) is 5.82 Å². The van der Waals surface area contributed by atoms with Gasteiger partial charge in [0.25, 0.3) is 0 Å². The van der Waals surface area contributed by atoms with E-state index < -0.39 is 16.6 Å². The van der Waals surface area contributed by atoms with E-state index in [9.17, 15) is 8.60 Å². The van der Waals surface area contributed by atoms with Gasteiger partial charge < -0.3 is 5.73 Å². The Balaban J connectivity index is 2.02. The van der Waals surface area contributed by atoms with E-state index in [2.05, 4.69) is 4.99 Å². The van der Waals surface area contributed by atoms with Gasteiger partial charge in [-0.3, -0.25) is 5.01 Å². The van der Waals surface area contributed by atoms with Crippen molar-refractivity contribution in [3.05, 3.63) is 70.8 Å². The van der Waals surface area contributed by atoms with Gasteiger partial charge in [-0.15, -0.1) is 0 Å². The Labute approximate surface area is 129 Å². The number of hydrogen-bond donors (Lipinski definition) is 2. The lowest BCUT2D eigenvalue weighted by atomic mass is 10.1. The quantitative estimate of drug-likeness (QED) is 0.828. The molecule has 1 unspecified atom stereocenters. The van der Waals surface area contributed by atoms with Crippen LogP contribution in [0.4, 0.5) is 10.1 Å². The smallest absolute Gasteiger partial charge is 0.180 e. The summed E-state index contributed by atoms with van der Waals surface area (Å²) in [6.07, 6.45) is 1.60. The third kappa shape index (κ3) is 2.51. The minimum Gasteiger partial charge on any atom is -0.388 e. The van der Waals surface area contributed by atoms with Crippen LogP contribution >= 0.6 is 0 Å². The minimum absolute atomic E-state index is 0.0288. The first-order valence-corrected chi connectivity index (χ1v) is 7.58. The average Bonchev–Trinajstić information content (AvgIpc) is 2.54. The van der Waals surface area contributed by atoms with E-state index in [-0.39, 0.29) is 15.7 Å². The van der Waals surface area contributed by atoms with Crippen molar-refractivity contribution < 1.29 is 8.60 Å². The number of para-hydroxylation sites is 1. The molecule has 0 amide bonds. The van der Waals surface area contributed by atoms with Crippen molar-refractivity contribution in [2.75, 3.05) is 5.01 Å². The highest BCUT2D eigenvalue weighted by Gasteiger charge is 2.21. The van der Waals surface area contributed by atoms with Crippen molar-refractivity contribution in [3.8, 4) is 0 Å². The molecule has 2 aromatic rings. The largest absolute Gasteiger partial charge is 0.388 e. The Kier molecular flexibility index (Phi) is 3.74. The topological polar surface area (TPSA) is 84.7 Å². The van der Waals surface area contributed by atoms with Crippen molar-refractivity contribution in [1.82, 2.24) is 0 Å². The first kappa shape index (κ1) is 14.4. The van der Waals surface area contributed by atoms with Crippen LogP contribution < -0.4 is 16.6 Å². The van der Waals surface area contributed by atoms with Gasteiger partial charge in [-0.1, -0.05) is 24.3 Å². The number of rotatable bonds is 2. The normalized spacial score (nSPS) is 17.1. The van der Waals surface area contributed by atoms with Crippen LogP contribution in [0.5, 0.6) is 0 Å². The Morgan fingerprint density at radius 2 is 1.95 bits per heavy atom. The lowest BCUT2D eigenvalue weighted by Crippen LogP contribution is -2.35. The third-order valence-electron chi connectivity index (χ3n) is 3.18. The molecule has 0 saturated carbocycles. The lowest BCUT2D eigenvalue weighted by molar-refractivity contribution is 0.622. The molecular formula is C15H13FN4OS. The van der Waals surface area contributed by atoms with E-state index in [1.165, 1.54) is 29.3 Å². The van der Waals surface area contributed by atoms with E-state index >= 15 is 0 Å². The molecule has 0 aromatic heterocycles. The van der Waals surface area contributed by atoms with Crippen molar-refractivity contribution >= 4 is 22.7 Å². The molecule has 22 heavy (non-hydrogen) atoms. The first-order valence-electron chi connectivity index (χ1n) is 6.43. The van der Waals surface area contributed by atoms with Gasteiger partial charge in [0.05, 0.1) is 5.69 Å². The molecule has 0 radical (unpaired) electrons. The average molecular weight is 316 g/mol. The number of aliphatic imine (C=N–C) groups is 1. The van der Waals surface area contributed by atoms with Gasteiger partial charge in [0.2, 0.25) is 0 Å². The molecule has 7 heteroatoms. The first-order chi connectivity index (χ1) is 10.6. The summed E-state index contributed by atoms with van der Waals surface area (Å²) in [6, 6.07) is 12.8. The maximum absolute atomic E-state index is 13.3. The van der Waals surface area contributed by atoms with Crippen molar-refractivity contribution in [1.29, 1.82) is 0 Å². The predicted octanol–water partition coefficient (Wildman–Crippen LogP) is 1.83. The second-order valence-electron chi connectivity index (χ2n) is 4.60. The van der Waals surface area contributed by atoms with Crippen LogP contribution in [0.15, 0.2) is 69.3 Å². The van der Waals surface area contributed by atoms with Crippen LogP contribution in [0.3, 0.4) is 0 Å². The molecule has 1 atom stereocenters. The highest BCUT2D eigenvalue weighted by Crippen LogP contribution is 2.27. The molecule has 0 fully saturated rings. The Morgan fingerprint density at radius 3 is 2.73 bits per heavy atom. The Hall–Kier alpha value is -2.51. The zero-order valence-electron chi connectivity index (χ0n) is 11.4. The number of hydrogen-bond acceptors (Lipinski definition) is 5. The molecular weight excluding hydrogens is 303 g/mol. The van der Waals surface area contributed by atoms with Gasteiger partial charge in [-0.25, -0.2) is 19.4 Å². The van der Waals surface area contributed by atoms with E-state index in [0.717, 1.165) is 5.56 Å². The van der Waals surface area contributed by atoms with E-state index in [4.69, 9.17) is 11.6 Å². The SMILES string of the molecule is N/C(=C1/N=Cc2ccccc2N1N)S(=O)c1cccc(F)c1. The van der Waals surface area contributed by atoms with Gasteiger partial charge in [0.1, 0.15) is 21.6 Å². The molecule has 0 spiro atoms. The van der Waals surface area contributed by atoms with E-state index in [0.29, 0.717) is 5.69 Å². The number of hydrazine groups is 1. The van der Waals surface area contributed by atoms with Crippen LogP contribution in [0.2, 0.25) is 0 Å². The second kappa shape index (κ2) is 5.70. The summed E-state index contributed by atoms with van der Waals surface area (Å²) in [5.74, 6) is 5.71. The zero-order chi connectivity index (χ0) is 15.7. The summed E-state index contributed by atoms with van der Waals surface area (Å²) in [4.78, 5) is 4.42. The summed E-state index contributed by atoms with van der Waals surface area (Å²) >= 11 is 0. The molecule has 1 aliphatic heterocycles. The molecule has 112 valence electrons. The molecule has 2 aromatic carbocycles. The molecule has 1 heterocycles. The third-order valence-corrected chi connectivity index (χ3v) is 4.44. The standard InChI is InChI=1S/C15H13FN4OS/c16-11-5-3-6-12(8-11)22(21)14(17)15-19-9-10-4-1-2-7-13(10)20(15)18/h1-9H,17-18H2/b15-14+. The second-order valence-corrected chi connectivity index (χ2v) is 6.05. The fourth-order valence-electron chi connectivity index (χ4n) is 2.10. The molecule has 0 aliphatic carbocycles. The predicted molar refractivity (Wildman–Crippen MR) is 84.7 cm³/mol. The lowest BCUT2D eigenvalue weighted by Gasteiger charge is -2.25. The zero-order valence-corrected chi connectivity index (χ0v) is 12.3. The summed E-state index contributed by atoms with van der Waals surface area (Å²) in [5, 5.41) is 1.25. The van der Waals surface area contributed by atoms with Gasteiger partial charge in [0.15, 0.2) is 5.82 Å². The highest BCUT2D eigenvalue weighted by atomic mass is 32.2. The monoisotopic (exact) mass is 316 g/mol. The number of halogens is 1. The molecule has 1 aliphatic rings. The molecule has 0 saturated heterocycles. The highest BCUT2D eigenvalue weighted by molar-refractivity contribution is 7.89.